The summed E-state index contributed by atoms with van der Waals surface area (Å²) in [5, 5.41) is 20.8. The second kappa shape index (κ2) is 9.04. The van der Waals surface area contributed by atoms with E-state index in [0.717, 1.165) is 10.4 Å². The average molecular weight is 366 g/mol. The Balaban J connectivity index is 1.39. The first-order chi connectivity index (χ1) is 13.2. The summed E-state index contributed by atoms with van der Waals surface area (Å²) >= 11 is 0. The Morgan fingerprint density at radius 3 is 2.56 bits per heavy atom. The number of hydrogen-bond donors (Lipinski definition) is 3. The van der Waals surface area contributed by atoms with Gasteiger partial charge in [-0.25, -0.2) is 4.68 Å². The quantitative estimate of drug-likeness (QED) is 0.489. The first-order valence-electron chi connectivity index (χ1n) is 8.24. The van der Waals surface area contributed by atoms with Gasteiger partial charge in [0.15, 0.2) is 5.82 Å². The van der Waals surface area contributed by atoms with Crippen LogP contribution in [0.4, 0.5) is 17.3 Å². The van der Waals surface area contributed by atoms with Crippen LogP contribution in [0.3, 0.4) is 0 Å². The first kappa shape index (κ1) is 18.0. The van der Waals surface area contributed by atoms with Crippen molar-refractivity contribution in [3.63, 3.8) is 0 Å². The largest absolute Gasteiger partial charge is 0.367 e. The molecule has 1 amide bonds. The maximum Gasteiger partial charge on any atom is 0.267 e. The fourth-order valence-corrected chi connectivity index (χ4v) is 2.17. The van der Waals surface area contributed by atoms with Gasteiger partial charge in [-0.15, -0.1) is 10.2 Å². The van der Waals surface area contributed by atoms with Crippen molar-refractivity contribution in [2.45, 2.75) is 6.54 Å². The van der Waals surface area contributed by atoms with E-state index in [9.17, 15) is 9.59 Å². The molecule has 27 heavy (non-hydrogen) atoms. The maximum absolute atomic E-state index is 11.8. The van der Waals surface area contributed by atoms with E-state index in [1.807, 2.05) is 12.1 Å². The summed E-state index contributed by atoms with van der Waals surface area (Å²) in [5.41, 5.74) is 0.503. The fourth-order valence-electron chi connectivity index (χ4n) is 2.17. The molecule has 0 atom stereocenters. The van der Waals surface area contributed by atoms with Crippen LogP contribution >= 0.6 is 0 Å². The van der Waals surface area contributed by atoms with Gasteiger partial charge in [-0.05, 0) is 30.3 Å². The predicted molar refractivity (Wildman–Crippen MR) is 99.5 cm³/mol. The Bertz CT molecular complexity index is 927. The number of nitrogens with one attached hydrogen (secondary N) is 3. The van der Waals surface area contributed by atoms with Crippen LogP contribution in [0, 0.1) is 0 Å². The number of carbonyl (C=O) groups excluding carboxylic acids is 1. The zero-order valence-electron chi connectivity index (χ0n) is 14.4. The third kappa shape index (κ3) is 5.59. The number of carbonyl (C=O) groups is 1. The first-order valence-corrected chi connectivity index (χ1v) is 8.24. The summed E-state index contributed by atoms with van der Waals surface area (Å²) < 4.78 is 1.10. The summed E-state index contributed by atoms with van der Waals surface area (Å²) in [6.07, 6.45) is 4.84. The Labute approximate surface area is 154 Å². The number of anilines is 3. The van der Waals surface area contributed by atoms with Gasteiger partial charge in [0.05, 0.1) is 11.9 Å². The monoisotopic (exact) mass is 366 g/mol. The van der Waals surface area contributed by atoms with Crippen LogP contribution in [-0.2, 0) is 11.3 Å². The second-order valence-corrected chi connectivity index (χ2v) is 5.47. The lowest BCUT2D eigenvalue weighted by atomic mass is 10.4. The van der Waals surface area contributed by atoms with Gasteiger partial charge in [0.25, 0.3) is 5.56 Å². The number of rotatable bonds is 8. The van der Waals surface area contributed by atoms with Crippen LogP contribution in [-0.4, -0.2) is 44.0 Å². The molecule has 0 saturated heterocycles. The van der Waals surface area contributed by atoms with Gasteiger partial charge >= 0.3 is 0 Å². The van der Waals surface area contributed by atoms with Gasteiger partial charge in [0.1, 0.15) is 12.4 Å². The summed E-state index contributed by atoms with van der Waals surface area (Å²) in [7, 11) is 0. The number of aromatic nitrogens is 5. The van der Waals surface area contributed by atoms with Gasteiger partial charge in [0.2, 0.25) is 5.91 Å². The highest BCUT2D eigenvalue weighted by Gasteiger charge is 2.04. The van der Waals surface area contributed by atoms with E-state index in [4.69, 9.17) is 0 Å². The molecule has 0 spiro atoms. The Morgan fingerprint density at radius 1 is 1.00 bits per heavy atom. The van der Waals surface area contributed by atoms with Crippen LogP contribution in [0.2, 0.25) is 0 Å². The normalized spacial score (nSPS) is 10.2. The predicted octanol–water partition coefficient (Wildman–Crippen LogP) is 0.400. The lowest BCUT2D eigenvalue weighted by Gasteiger charge is -2.08. The van der Waals surface area contributed by atoms with E-state index < -0.39 is 0 Å². The van der Waals surface area contributed by atoms with Gasteiger partial charge in [-0.1, -0.05) is 0 Å². The van der Waals surface area contributed by atoms with Crippen molar-refractivity contribution in [1.82, 2.24) is 30.3 Å². The minimum absolute atomic E-state index is 0.117. The number of pyridine rings is 1. The van der Waals surface area contributed by atoms with Crippen LogP contribution in [0.5, 0.6) is 0 Å². The molecule has 3 heterocycles. The molecular formula is C17H18N8O2. The lowest BCUT2D eigenvalue weighted by Crippen LogP contribution is -2.35. The van der Waals surface area contributed by atoms with Crippen LogP contribution in [0.25, 0.3) is 0 Å². The van der Waals surface area contributed by atoms with Gasteiger partial charge in [-0.3, -0.25) is 14.6 Å². The minimum Gasteiger partial charge on any atom is -0.367 e. The molecule has 10 heteroatoms. The molecule has 0 fully saturated rings. The molecule has 0 aromatic carbocycles. The van der Waals surface area contributed by atoms with Crippen LogP contribution in [0.15, 0.2) is 59.8 Å². The van der Waals surface area contributed by atoms with Crippen molar-refractivity contribution in [3.05, 3.63) is 65.3 Å². The molecule has 3 rings (SSSR count). The molecule has 0 aliphatic heterocycles. The van der Waals surface area contributed by atoms with Crippen molar-refractivity contribution in [3.8, 4) is 0 Å². The molecule has 0 bridgehead atoms. The SMILES string of the molecule is O=C(Cn1ncccc1=O)NCCNc1ccc(Nc2cccnc2)nn1. The van der Waals surface area contributed by atoms with Crippen molar-refractivity contribution < 1.29 is 4.79 Å². The zero-order chi connectivity index (χ0) is 18.9. The number of nitrogens with zero attached hydrogens (tertiary/aromatic N) is 5. The topological polar surface area (TPSA) is 127 Å². The van der Waals surface area contributed by atoms with Gasteiger partial charge < -0.3 is 16.0 Å². The third-order valence-corrected chi connectivity index (χ3v) is 3.43. The van der Waals surface area contributed by atoms with E-state index in [1.54, 1.807) is 24.5 Å². The summed E-state index contributed by atoms with van der Waals surface area (Å²) in [6.45, 7) is 0.721. The number of hydrogen-bond acceptors (Lipinski definition) is 8. The Kier molecular flexibility index (Phi) is 6.02. The molecule has 0 aliphatic carbocycles. The van der Waals surface area contributed by atoms with Gasteiger partial charge in [-0.2, -0.15) is 5.10 Å². The third-order valence-electron chi connectivity index (χ3n) is 3.43. The van der Waals surface area contributed by atoms with E-state index in [0.29, 0.717) is 24.7 Å². The molecule has 0 radical (unpaired) electrons. The molecule has 3 aromatic rings. The Hall–Kier alpha value is -3.82. The fraction of sp³-hybridized carbons (Fsp3) is 0.176. The Morgan fingerprint density at radius 2 is 1.81 bits per heavy atom. The molecule has 10 nitrogen and oxygen atoms in total. The smallest absolute Gasteiger partial charge is 0.267 e. The van der Waals surface area contributed by atoms with Crippen molar-refractivity contribution >= 4 is 23.2 Å². The molecular weight excluding hydrogens is 348 g/mol. The zero-order valence-corrected chi connectivity index (χ0v) is 14.4. The van der Waals surface area contributed by atoms with Crippen molar-refractivity contribution in [2.24, 2.45) is 0 Å². The molecule has 0 unspecified atom stereocenters. The summed E-state index contributed by atoms with van der Waals surface area (Å²) in [6, 6.07) is 10.1. The van der Waals surface area contributed by atoms with Crippen LogP contribution < -0.4 is 21.5 Å². The van der Waals surface area contributed by atoms with Crippen LogP contribution in [0.1, 0.15) is 0 Å². The standard InChI is InChI=1S/C17H18N8O2/c26-16(12-25-17(27)4-2-8-21-25)20-10-9-19-14-5-6-15(24-23-14)22-13-3-1-7-18-11-13/h1-8,11H,9-10,12H2,(H,19,23)(H,20,26)(H,22,24). The summed E-state index contributed by atoms with van der Waals surface area (Å²) in [5.74, 6) is 0.893. The molecule has 0 saturated carbocycles. The highest BCUT2D eigenvalue weighted by atomic mass is 16.2. The van der Waals surface area contributed by atoms with E-state index in [-0.39, 0.29) is 18.0 Å². The van der Waals surface area contributed by atoms with E-state index >= 15 is 0 Å². The highest BCUT2D eigenvalue weighted by molar-refractivity contribution is 5.75. The highest BCUT2D eigenvalue weighted by Crippen LogP contribution is 2.12. The van der Waals surface area contributed by atoms with Crippen molar-refractivity contribution in [2.75, 3.05) is 23.7 Å². The van der Waals surface area contributed by atoms with Gasteiger partial charge in [0, 0.05) is 31.5 Å². The van der Waals surface area contributed by atoms with Crippen molar-refractivity contribution in [1.29, 1.82) is 0 Å². The minimum atomic E-state index is -0.318. The molecule has 3 N–H and O–H groups in total. The van der Waals surface area contributed by atoms with E-state index in [1.165, 1.54) is 18.3 Å². The molecule has 0 aliphatic rings. The lowest BCUT2D eigenvalue weighted by molar-refractivity contribution is -0.121. The average Bonchev–Trinajstić information content (AvgIpc) is 2.69. The summed E-state index contributed by atoms with van der Waals surface area (Å²) in [4.78, 5) is 27.3. The number of amides is 1. The maximum atomic E-state index is 11.8. The second-order valence-electron chi connectivity index (χ2n) is 5.47. The molecule has 138 valence electrons. The molecule has 3 aromatic heterocycles. The van der Waals surface area contributed by atoms with E-state index in [2.05, 4.69) is 36.2 Å².